The molecular formula is C28H24N4O5. The molecule has 2 aliphatic rings. The van der Waals surface area contributed by atoms with Crippen LogP contribution in [0.1, 0.15) is 39.2 Å². The Morgan fingerprint density at radius 2 is 1.70 bits per heavy atom. The molecule has 0 spiro atoms. The number of methoxy groups -OCH3 is 3. The van der Waals surface area contributed by atoms with Crippen LogP contribution in [0, 0.1) is 0 Å². The maximum absolute atomic E-state index is 12.0. The highest BCUT2D eigenvalue weighted by Crippen LogP contribution is 2.51. The summed E-state index contributed by atoms with van der Waals surface area (Å²) in [5.41, 5.74) is 5.06. The summed E-state index contributed by atoms with van der Waals surface area (Å²) < 4.78 is 24.4. The van der Waals surface area contributed by atoms with E-state index < -0.39 is 12.1 Å². The van der Waals surface area contributed by atoms with Gasteiger partial charge in [-0.2, -0.15) is 10.1 Å². The van der Waals surface area contributed by atoms with Crippen LogP contribution in [0.25, 0.3) is 5.70 Å². The van der Waals surface area contributed by atoms with Gasteiger partial charge in [0, 0.05) is 11.1 Å². The first kappa shape index (κ1) is 22.7. The lowest BCUT2D eigenvalue weighted by molar-refractivity contribution is 0.0600. The smallest absolute Gasteiger partial charge is 0.337 e. The van der Waals surface area contributed by atoms with Crippen molar-refractivity contribution in [3.8, 4) is 17.2 Å². The van der Waals surface area contributed by atoms with E-state index in [0.717, 1.165) is 33.7 Å². The summed E-state index contributed by atoms with van der Waals surface area (Å²) in [7, 11) is 4.59. The first-order valence-electron chi connectivity index (χ1n) is 11.7. The van der Waals surface area contributed by atoms with Crippen molar-refractivity contribution in [2.75, 3.05) is 26.6 Å². The summed E-state index contributed by atoms with van der Waals surface area (Å²) in [6.07, 6.45) is 1.06. The molecule has 0 fully saturated rings. The van der Waals surface area contributed by atoms with Crippen molar-refractivity contribution in [3.05, 3.63) is 101 Å². The maximum atomic E-state index is 12.0. The van der Waals surface area contributed by atoms with Gasteiger partial charge in [0.1, 0.15) is 24.2 Å². The minimum absolute atomic E-state index is 0.354. The average Bonchev–Trinajstić information content (AvgIpc) is 3.43. The van der Waals surface area contributed by atoms with Gasteiger partial charge in [-0.15, -0.1) is 0 Å². The van der Waals surface area contributed by atoms with Crippen molar-refractivity contribution in [2.45, 2.75) is 12.1 Å². The van der Waals surface area contributed by atoms with E-state index in [1.807, 2.05) is 59.3 Å². The molecular weight excluding hydrogens is 472 g/mol. The van der Waals surface area contributed by atoms with E-state index in [4.69, 9.17) is 18.9 Å². The van der Waals surface area contributed by atoms with Crippen LogP contribution in [-0.4, -0.2) is 42.1 Å². The zero-order valence-corrected chi connectivity index (χ0v) is 20.5. The molecule has 0 saturated carbocycles. The number of fused-ring (bicyclic) bond motifs is 3. The van der Waals surface area contributed by atoms with Crippen molar-refractivity contribution in [3.63, 3.8) is 0 Å². The maximum Gasteiger partial charge on any atom is 0.337 e. The van der Waals surface area contributed by atoms with Crippen LogP contribution in [-0.2, 0) is 4.74 Å². The number of carbonyl (C=O) groups excluding carboxylic acids is 1. The molecule has 186 valence electrons. The third-order valence-corrected chi connectivity index (χ3v) is 6.68. The van der Waals surface area contributed by atoms with Crippen molar-refractivity contribution < 1.29 is 23.7 Å². The number of esters is 1. The lowest BCUT2D eigenvalue weighted by Gasteiger charge is -2.39. The Bertz CT molecular complexity index is 1530. The van der Waals surface area contributed by atoms with Gasteiger partial charge >= 0.3 is 5.97 Å². The van der Waals surface area contributed by atoms with E-state index in [2.05, 4.69) is 15.4 Å². The molecule has 3 aromatic carbocycles. The van der Waals surface area contributed by atoms with Crippen LogP contribution in [0.4, 0.5) is 5.95 Å². The molecule has 37 heavy (non-hydrogen) atoms. The van der Waals surface area contributed by atoms with E-state index in [-0.39, 0.29) is 6.04 Å². The van der Waals surface area contributed by atoms with Gasteiger partial charge in [-0.1, -0.05) is 30.3 Å². The fraction of sp³-hybridized carbons (Fsp3) is 0.179. The van der Waals surface area contributed by atoms with E-state index in [0.29, 0.717) is 23.0 Å². The summed E-state index contributed by atoms with van der Waals surface area (Å²) in [5.74, 6) is 2.22. The summed E-state index contributed by atoms with van der Waals surface area (Å²) >= 11 is 0. The van der Waals surface area contributed by atoms with Crippen molar-refractivity contribution in [2.24, 2.45) is 0 Å². The van der Waals surface area contributed by atoms with Crippen molar-refractivity contribution >= 4 is 17.6 Å². The molecule has 0 amide bonds. The topological polar surface area (TPSA) is 96.7 Å². The van der Waals surface area contributed by atoms with Crippen molar-refractivity contribution in [1.82, 2.24) is 14.8 Å². The van der Waals surface area contributed by atoms with Gasteiger partial charge in [0.2, 0.25) is 5.95 Å². The Kier molecular flexibility index (Phi) is 5.52. The Morgan fingerprint density at radius 3 is 2.46 bits per heavy atom. The normalized spacial score (nSPS) is 17.5. The highest BCUT2D eigenvalue weighted by atomic mass is 16.5. The summed E-state index contributed by atoms with van der Waals surface area (Å²) in [6.45, 7) is 0. The third-order valence-electron chi connectivity index (χ3n) is 6.68. The van der Waals surface area contributed by atoms with Crippen molar-refractivity contribution in [1.29, 1.82) is 0 Å². The number of nitrogens with one attached hydrogen (secondary N) is 1. The molecule has 9 heteroatoms. The fourth-order valence-electron chi connectivity index (χ4n) is 4.95. The molecule has 6 rings (SSSR count). The standard InChI is InChI=1S/C28H24N4O5/c1-34-21-13-12-18(14-22(21)35-2)25-23-24(31-28-29-15-30-32(25)28)19-6-4-5-7-20(19)37-26(23)16-8-10-17(11-9-16)27(33)36-3/h4-15,25-26H,1-3H3,(H,29,30,31)/t25-,26-/m0/s1. The fourth-order valence-corrected chi connectivity index (χ4v) is 4.95. The minimum Gasteiger partial charge on any atom is -0.493 e. The molecule has 0 saturated heterocycles. The second-order valence-corrected chi connectivity index (χ2v) is 8.61. The molecule has 0 radical (unpaired) electrons. The number of ether oxygens (including phenoxy) is 4. The molecule has 1 N–H and O–H groups in total. The van der Waals surface area contributed by atoms with Crippen LogP contribution < -0.4 is 19.5 Å². The van der Waals surface area contributed by atoms with E-state index in [9.17, 15) is 4.79 Å². The number of carbonyl (C=O) groups is 1. The number of nitrogens with zero attached hydrogens (tertiary/aromatic N) is 3. The number of anilines is 1. The lowest BCUT2D eigenvalue weighted by Crippen LogP contribution is -2.32. The zero-order chi connectivity index (χ0) is 25.5. The quantitative estimate of drug-likeness (QED) is 0.399. The van der Waals surface area contributed by atoms with E-state index >= 15 is 0 Å². The average molecular weight is 497 g/mol. The zero-order valence-electron chi connectivity index (χ0n) is 20.5. The van der Waals surface area contributed by atoms with Crippen LogP contribution in [0.3, 0.4) is 0 Å². The monoisotopic (exact) mass is 496 g/mol. The molecule has 3 heterocycles. The molecule has 2 atom stereocenters. The Hall–Kier alpha value is -4.79. The summed E-state index contributed by atoms with van der Waals surface area (Å²) in [6, 6.07) is 20.6. The Labute approximate surface area is 213 Å². The largest absolute Gasteiger partial charge is 0.493 e. The first-order chi connectivity index (χ1) is 18.1. The Morgan fingerprint density at radius 1 is 0.946 bits per heavy atom. The highest BCUT2D eigenvalue weighted by molar-refractivity contribution is 5.89. The van der Waals surface area contributed by atoms with Gasteiger partial charge in [-0.25, -0.2) is 9.48 Å². The van der Waals surface area contributed by atoms with Crippen LogP contribution in [0.2, 0.25) is 0 Å². The second kappa shape index (κ2) is 9.02. The van der Waals surface area contributed by atoms with Crippen LogP contribution in [0.5, 0.6) is 17.2 Å². The number of hydrogen-bond acceptors (Lipinski definition) is 8. The van der Waals surface area contributed by atoms with Gasteiger partial charge in [-0.05, 0) is 47.5 Å². The highest BCUT2D eigenvalue weighted by Gasteiger charge is 2.41. The number of hydrogen-bond donors (Lipinski definition) is 1. The first-order valence-corrected chi connectivity index (χ1v) is 11.7. The number of rotatable bonds is 5. The van der Waals surface area contributed by atoms with E-state index in [1.165, 1.54) is 13.4 Å². The van der Waals surface area contributed by atoms with Gasteiger partial charge in [0.15, 0.2) is 11.5 Å². The third kappa shape index (κ3) is 3.67. The summed E-state index contributed by atoms with van der Waals surface area (Å²) in [5, 5.41) is 8.04. The van der Waals surface area contributed by atoms with Gasteiger partial charge in [0.05, 0.1) is 32.6 Å². The van der Waals surface area contributed by atoms with Gasteiger partial charge in [0.25, 0.3) is 0 Å². The predicted molar refractivity (Wildman–Crippen MR) is 136 cm³/mol. The molecule has 2 aliphatic heterocycles. The summed E-state index contributed by atoms with van der Waals surface area (Å²) in [4.78, 5) is 16.5. The van der Waals surface area contributed by atoms with Crippen LogP contribution >= 0.6 is 0 Å². The van der Waals surface area contributed by atoms with Crippen LogP contribution in [0.15, 0.2) is 78.6 Å². The number of benzene rings is 3. The Balaban J connectivity index is 1.56. The van der Waals surface area contributed by atoms with Gasteiger partial charge < -0.3 is 24.3 Å². The molecule has 4 aromatic rings. The SMILES string of the molecule is COC(=O)c1ccc([C@@H]2Oc3ccccc3C3=C2[C@H](c2ccc(OC)c(OC)c2)n2ncnc2N3)cc1. The molecule has 0 aliphatic carbocycles. The lowest BCUT2D eigenvalue weighted by atomic mass is 9.84. The number of para-hydroxylation sites is 1. The number of aromatic nitrogens is 3. The van der Waals surface area contributed by atoms with E-state index in [1.54, 1.807) is 26.4 Å². The molecule has 0 bridgehead atoms. The molecule has 1 aromatic heterocycles. The second-order valence-electron chi connectivity index (χ2n) is 8.61. The molecule has 0 unspecified atom stereocenters. The minimum atomic E-state index is -0.473. The van der Waals surface area contributed by atoms with Gasteiger partial charge in [-0.3, -0.25) is 0 Å². The predicted octanol–water partition coefficient (Wildman–Crippen LogP) is 4.64. The molecule has 9 nitrogen and oxygen atoms in total.